The van der Waals surface area contributed by atoms with Crippen molar-refractivity contribution < 1.29 is 4.79 Å². The van der Waals surface area contributed by atoms with Crippen LogP contribution in [0.5, 0.6) is 0 Å². The molecule has 0 aliphatic carbocycles. The zero-order valence-electron chi connectivity index (χ0n) is 9.38. The molecule has 0 aromatic carbocycles. The average Bonchev–Trinajstić information content (AvgIpc) is 2.14. The molecule has 0 radical (unpaired) electrons. The molecule has 2 unspecified atom stereocenters. The lowest BCUT2D eigenvalue weighted by molar-refractivity contribution is -0.120. The smallest absolute Gasteiger partial charge is 0.234 e. The van der Waals surface area contributed by atoms with Crippen molar-refractivity contribution in [3.63, 3.8) is 0 Å². The quantitative estimate of drug-likeness (QED) is 0.605. The fourth-order valence-electron chi connectivity index (χ4n) is 1.23. The van der Waals surface area contributed by atoms with Crippen LogP contribution >= 0.6 is 11.8 Å². The summed E-state index contributed by atoms with van der Waals surface area (Å²) in [7, 11) is 0. The zero-order chi connectivity index (χ0) is 11.0. The molecule has 0 fully saturated rings. The van der Waals surface area contributed by atoms with E-state index in [2.05, 4.69) is 19.2 Å². The SMILES string of the molecule is CCSCCC(C)NC(CC)C(N)=O. The first-order valence-corrected chi connectivity index (χ1v) is 6.40. The molecule has 0 spiro atoms. The van der Waals surface area contributed by atoms with Gasteiger partial charge in [0.05, 0.1) is 6.04 Å². The van der Waals surface area contributed by atoms with Gasteiger partial charge in [0.15, 0.2) is 0 Å². The third kappa shape index (κ3) is 6.27. The molecule has 0 aromatic heterocycles. The lowest BCUT2D eigenvalue weighted by Gasteiger charge is -2.19. The minimum absolute atomic E-state index is 0.170. The summed E-state index contributed by atoms with van der Waals surface area (Å²) in [4.78, 5) is 11.0. The van der Waals surface area contributed by atoms with E-state index in [4.69, 9.17) is 5.73 Å². The van der Waals surface area contributed by atoms with Gasteiger partial charge in [0.1, 0.15) is 0 Å². The molecule has 2 atom stereocenters. The number of amides is 1. The first kappa shape index (κ1) is 13.8. The molecule has 0 saturated heterocycles. The Morgan fingerprint density at radius 3 is 2.57 bits per heavy atom. The van der Waals surface area contributed by atoms with Gasteiger partial charge in [-0.3, -0.25) is 4.79 Å². The van der Waals surface area contributed by atoms with Gasteiger partial charge in [0.25, 0.3) is 0 Å². The second kappa shape index (κ2) is 8.12. The minimum atomic E-state index is -0.248. The van der Waals surface area contributed by atoms with Crippen LogP contribution in [0.3, 0.4) is 0 Å². The summed E-state index contributed by atoms with van der Waals surface area (Å²) in [5.41, 5.74) is 5.24. The third-order valence-electron chi connectivity index (χ3n) is 2.14. The molecule has 1 amide bonds. The summed E-state index contributed by atoms with van der Waals surface area (Å²) in [6, 6.07) is 0.197. The molecule has 3 N–H and O–H groups in total. The van der Waals surface area contributed by atoms with Crippen molar-refractivity contribution in [3.05, 3.63) is 0 Å². The number of carbonyl (C=O) groups excluding carboxylic acids is 1. The molecule has 0 aliphatic heterocycles. The maximum atomic E-state index is 11.0. The van der Waals surface area contributed by atoms with E-state index in [1.807, 2.05) is 18.7 Å². The van der Waals surface area contributed by atoms with E-state index in [9.17, 15) is 4.79 Å². The molecule has 3 nitrogen and oxygen atoms in total. The molecule has 0 aromatic rings. The van der Waals surface area contributed by atoms with E-state index in [0.29, 0.717) is 6.04 Å². The highest BCUT2D eigenvalue weighted by Gasteiger charge is 2.14. The van der Waals surface area contributed by atoms with Crippen LogP contribution in [0.2, 0.25) is 0 Å². The number of nitrogens with one attached hydrogen (secondary N) is 1. The van der Waals surface area contributed by atoms with Crippen molar-refractivity contribution in [1.29, 1.82) is 0 Å². The summed E-state index contributed by atoms with van der Waals surface area (Å²) >= 11 is 1.92. The maximum Gasteiger partial charge on any atom is 0.234 e. The number of hydrogen-bond acceptors (Lipinski definition) is 3. The van der Waals surface area contributed by atoms with Crippen LogP contribution in [-0.4, -0.2) is 29.5 Å². The molecule has 0 bridgehead atoms. The zero-order valence-corrected chi connectivity index (χ0v) is 10.2. The van der Waals surface area contributed by atoms with Gasteiger partial charge in [-0.05, 0) is 31.3 Å². The van der Waals surface area contributed by atoms with Crippen LogP contribution in [0, 0.1) is 0 Å². The van der Waals surface area contributed by atoms with E-state index in [0.717, 1.165) is 24.3 Å². The number of carbonyl (C=O) groups is 1. The molecule has 0 heterocycles. The first-order chi connectivity index (χ1) is 6.61. The number of primary amides is 1. The molecule has 4 heteroatoms. The van der Waals surface area contributed by atoms with E-state index in [1.54, 1.807) is 0 Å². The van der Waals surface area contributed by atoms with Crippen LogP contribution in [0.1, 0.15) is 33.6 Å². The summed E-state index contributed by atoms with van der Waals surface area (Å²) in [6.07, 6.45) is 1.85. The van der Waals surface area contributed by atoms with Crippen LogP contribution in [0.15, 0.2) is 0 Å². The van der Waals surface area contributed by atoms with Gasteiger partial charge >= 0.3 is 0 Å². The molecule has 0 rings (SSSR count). The van der Waals surface area contributed by atoms with Gasteiger partial charge in [-0.1, -0.05) is 13.8 Å². The van der Waals surface area contributed by atoms with E-state index in [1.165, 1.54) is 0 Å². The topological polar surface area (TPSA) is 55.1 Å². The molecule has 14 heavy (non-hydrogen) atoms. The van der Waals surface area contributed by atoms with Crippen molar-refractivity contribution >= 4 is 17.7 Å². The van der Waals surface area contributed by atoms with Crippen LogP contribution in [0.4, 0.5) is 0 Å². The Balaban J connectivity index is 3.67. The lowest BCUT2D eigenvalue weighted by atomic mass is 10.1. The summed E-state index contributed by atoms with van der Waals surface area (Å²) in [6.45, 7) is 6.22. The highest BCUT2D eigenvalue weighted by Crippen LogP contribution is 2.04. The Morgan fingerprint density at radius 1 is 1.50 bits per heavy atom. The monoisotopic (exact) mass is 218 g/mol. The van der Waals surface area contributed by atoms with Crippen molar-refractivity contribution in [1.82, 2.24) is 5.32 Å². The third-order valence-corrected chi connectivity index (χ3v) is 3.07. The Hall–Kier alpha value is -0.220. The van der Waals surface area contributed by atoms with Gasteiger partial charge in [0, 0.05) is 6.04 Å². The van der Waals surface area contributed by atoms with E-state index in [-0.39, 0.29) is 11.9 Å². The Bertz CT molecular complexity index is 164. The van der Waals surface area contributed by atoms with Crippen LogP contribution in [0.25, 0.3) is 0 Å². The fraction of sp³-hybridized carbons (Fsp3) is 0.900. The summed E-state index contributed by atoms with van der Waals surface area (Å²) < 4.78 is 0. The Labute approximate surface area is 91.2 Å². The van der Waals surface area contributed by atoms with Crippen LogP contribution in [-0.2, 0) is 4.79 Å². The van der Waals surface area contributed by atoms with Gasteiger partial charge < -0.3 is 11.1 Å². The van der Waals surface area contributed by atoms with Crippen molar-refractivity contribution in [2.75, 3.05) is 11.5 Å². The minimum Gasteiger partial charge on any atom is -0.368 e. The van der Waals surface area contributed by atoms with E-state index < -0.39 is 0 Å². The number of nitrogens with two attached hydrogens (primary N) is 1. The fourth-order valence-corrected chi connectivity index (χ4v) is 2.04. The Kier molecular flexibility index (Phi) is 7.99. The van der Waals surface area contributed by atoms with Gasteiger partial charge in [0.2, 0.25) is 5.91 Å². The number of hydrogen-bond donors (Lipinski definition) is 2. The molecule has 0 saturated carbocycles. The van der Waals surface area contributed by atoms with Gasteiger partial charge in [-0.25, -0.2) is 0 Å². The highest BCUT2D eigenvalue weighted by atomic mass is 32.2. The van der Waals surface area contributed by atoms with E-state index >= 15 is 0 Å². The molecule has 84 valence electrons. The molecular weight excluding hydrogens is 196 g/mol. The van der Waals surface area contributed by atoms with Crippen molar-refractivity contribution in [3.8, 4) is 0 Å². The molecular formula is C10H22N2OS. The predicted octanol–water partition coefficient (Wildman–Crippen LogP) is 1.37. The average molecular weight is 218 g/mol. The Morgan fingerprint density at radius 2 is 2.14 bits per heavy atom. The lowest BCUT2D eigenvalue weighted by Crippen LogP contribution is -2.45. The largest absolute Gasteiger partial charge is 0.368 e. The van der Waals surface area contributed by atoms with Crippen LogP contribution < -0.4 is 11.1 Å². The molecule has 0 aliphatic rings. The van der Waals surface area contributed by atoms with Crippen molar-refractivity contribution in [2.45, 2.75) is 45.7 Å². The maximum absolute atomic E-state index is 11.0. The summed E-state index contributed by atoms with van der Waals surface area (Å²) in [5, 5.41) is 3.24. The predicted molar refractivity (Wildman–Crippen MR) is 63.5 cm³/mol. The number of thioether (sulfide) groups is 1. The van der Waals surface area contributed by atoms with Gasteiger partial charge in [-0.15, -0.1) is 0 Å². The van der Waals surface area contributed by atoms with Crippen molar-refractivity contribution in [2.24, 2.45) is 5.73 Å². The normalized spacial score (nSPS) is 15.1. The second-order valence-electron chi connectivity index (χ2n) is 3.42. The highest BCUT2D eigenvalue weighted by molar-refractivity contribution is 7.99. The van der Waals surface area contributed by atoms with Gasteiger partial charge in [-0.2, -0.15) is 11.8 Å². The number of rotatable bonds is 8. The first-order valence-electron chi connectivity index (χ1n) is 5.24. The summed E-state index contributed by atoms with van der Waals surface area (Å²) in [5.74, 6) is 2.04. The second-order valence-corrected chi connectivity index (χ2v) is 4.81. The standard InChI is InChI=1S/C10H22N2OS/c1-4-9(10(11)13)12-8(3)6-7-14-5-2/h8-9,12H,4-7H2,1-3H3,(H2,11,13).